The summed E-state index contributed by atoms with van der Waals surface area (Å²) in [5.41, 5.74) is 5.41. The second kappa shape index (κ2) is 6.15. The lowest BCUT2D eigenvalue weighted by Gasteiger charge is -2.24. The average Bonchev–Trinajstić information content (AvgIpc) is 3.26. The number of rotatable bonds is 4. The maximum Gasteiger partial charge on any atom is 0.215 e. The molecule has 4 rings (SSSR count). The molecule has 25 heavy (non-hydrogen) atoms. The van der Waals surface area contributed by atoms with Gasteiger partial charge in [0.1, 0.15) is 5.82 Å². The number of pyridine rings is 1. The second-order valence-corrected chi connectivity index (χ2v) is 6.74. The molecule has 1 aliphatic heterocycles. The Morgan fingerprint density at radius 2 is 2.12 bits per heavy atom. The molecule has 3 aromatic heterocycles. The summed E-state index contributed by atoms with van der Waals surface area (Å²) in [6.07, 6.45) is 2.37. The number of nitrogens with one attached hydrogen (secondary N) is 1. The van der Waals surface area contributed by atoms with E-state index in [9.17, 15) is 0 Å². The first-order valence-corrected chi connectivity index (χ1v) is 8.70. The quantitative estimate of drug-likeness (QED) is 0.790. The highest BCUT2D eigenvalue weighted by molar-refractivity contribution is 5.71. The van der Waals surface area contributed by atoms with Crippen LogP contribution in [0.15, 0.2) is 12.1 Å². The number of likely N-dealkylation sites (tertiary alicyclic amines) is 1. The number of fused-ring (bicyclic) bond motifs is 1. The summed E-state index contributed by atoms with van der Waals surface area (Å²) in [5.74, 6) is 1.54. The van der Waals surface area contributed by atoms with E-state index < -0.39 is 0 Å². The van der Waals surface area contributed by atoms with Crippen LogP contribution in [-0.4, -0.2) is 43.3 Å². The Morgan fingerprint density at radius 3 is 2.84 bits per heavy atom. The molecule has 0 saturated carbocycles. The average molecular weight is 340 g/mol. The number of hydrogen-bond donors (Lipinski definition) is 1. The predicted molar refractivity (Wildman–Crippen MR) is 95.5 cm³/mol. The summed E-state index contributed by atoms with van der Waals surface area (Å²) >= 11 is 0. The van der Waals surface area contributed by atoms with Gasteiger partial charge in [-0.2, -0.15) is 10.1 Å². The molecule has 0 bridgehead atoms. The maximum atomic E-state index is 5.18. The SMILES string of the molecule is COc1ccc2[nH]c(CN3CCC[C@H]3c3c(C)nn(C)c3C)nc2n1. The van der Waals surface area contributed by atoms with Crippen LogP contribution in [0.4, 0.5) is 0 Å². The fourth-order valence-corrected chi connectivity index (χ4v) is 3.92. The van der Waals surface area contributed by atoms with Crippen LogP contribution < -0.4 is 4.74 Å². The third-order valence-electron chi connectivity index (χ3n) is 5.19. The molecule has 7 heteroatoms. The Morgan fingerprint density at radius 1 is 1.28 bits per heavy atom. The fourth-order valence-electron chi connectivity index (χ4n) is 3.92. The van der Waals surface area contributed by atoms with Crippen molar-refractivity contribution in [3.05, 3.63) is 34.9 Å². The zero-order chi connectivity index (χ0) is 17.6. The number of methoxy groups -OCH3 is 1. The number of aryl methyl sites for hydroxylation is 2. The van der Waals surface area contributed by atoms with Gasteiger partial charge in [0, 0.05) is 30.4 Å². The number of hydrogen-bond acceptors (Lipinski definition) is 5. The number of aromatic amines is 1. The fraction of sp³-hybridized carbons (Fsp3) is 0.500. The van der Waals surface area contributed by atoms with Crippen molar-refractivity contribution in [3.63, 3.8) is 0 Å². The van der Waals surface area contributed by atoms with Gasteiger partial charge in [-0.25, -0.2) is 4.98 Å². The molecule has 3 aromatic rings. The van der Waals surface area contributed by atoms with Crippen molar-refractivity contribution in [2.24, 2.45) is 7.05 Å². The van der Waals surface area contributed by atoms with Crippen molar-refractivity contribution in [2.45, 2.75) is 39.3 Å². The van der Waals surface area contributed by atoms with Crippen LogP contribution in [0, 0.1) is 13.8 Å². The molecular weight excluding hydrogens is 316 g/mol. The summed E-state index contributed by atoms with van der Waals surface area (Å²) in [4.78, 5) is 14.9. The zero-order valence-corrected chi connectivity index (χ0v) is 15.2. The molecule has 0 aliphatic carbocycles. The van der Waals surface area contributed by atoms with Crippen LogP contribution in [-0.2, 0) is 13.6 Å². The first-order chi connectivity index (χ1) is 12.1. The monoisotopic (exact) mass is 340 g/mol. The van der Waals surface area contributed by atoms with E-state index in [2.05, 4.69) is 38.8 Å². The first-order valence-electron chi connectivity index (χ1n) is 8.70. The lowest BCUT2D eigenvalue weighted by Crippen LogP contribution is -2.24. The van der Waals surface area contributed by atoms with Gasteiger partial charge < -0.3 is 9.72 Å². The summed E-state index contributed by atoms with van der Waals surface area (Å²) in [6.45, 7) is 6.13. The highest BCUT2D eigenvalue weighted by atomic mass is 16.5. The number of H-pyrrole nitrogens is 1. The van der Waals surface area contributed by atoms with E-state index in [1.165, 1.54) is 24.1 Å². The third-order valence-corrected chi connectivity index (χ3v) is 5.19. The second-order valence-electron chi connectivity index (χ2n) is 6.74. The van der Waals surface area contributed by atoms with Crippen LogP contribution in [0.1, 0.15) is 41.7 Å². The van der Waals surface area contributed by atoms with Gasteiger partial charge in [0.05, 0.1) is 24.9 Å². The van der Waals surface area contributed by atoms with Gasteiger partial charge in [-0.05, 0) is 39.3 Å². The standard InChI is InChI=1S/C18H24N6O/c1-11-17(12(2)23(3)22-11)14-6-5-9-24(14)10-15-19-13-7-8-16(25-4)21-18(13)20-15/h7-8,14H,5-6,9-10H2,1-4H3,(H,19,20,21)/t14-/m0/s1. The molecule has 1 N–H and O–H groups in total. The summed E-state index contributed by atoms with van der Waals surface area (Å²) < 4.78 is 7.17. The Balaban J connectivity index is 1.61. The van der Waals surface area contributed by atoms with Gasteiger partial charge in [-0.15, -0.1) is 0 Å². The summed E-state index contributed by atoms with van der Waals surface area (Å²) in [5, 5.41) is 4.59. The maximum absolute atomic E-state index is 5.18. The van der Waals surface area contributed by atoms with Crippen molar-refractivity contribution in [1.82, 2.24) is 29.6 Å². The Labute approximate surface area is 147 Å². The van der Waals surface area contributed by atoms with Gasteiger partial charge in [0.25, 0.3) is 0 Å². The molecule has 4 heterocycles. The Hall–Kier alpha value is -2.41. The van der Waals surface area contributed by atoms with Gasteiger partial charge in [-0.3, -0.25) is 9.58 Å². The van der Waals surface area contributed by atoms with Crippen LogP contribution in [0.25, 0.3) is 11.2 Å². The topological polar surface area (TPSA) is 71.9 Å². The van der Waals surface area contributed by atoms with E-state index in [4.69, 9.17) is 4.74 Å². The van der Waals surface area contributed by atoms with Gasteiger partial charge in [-0.1, -0.05) is 0 Å². The minimum absolute atomic E-state index is 0.407. The number of nitrogens with zero attached hydrogens (tertiary/aromatic N) is 5. The molecule has 0 spiro atoms. The van der Waals surface area contributed by atoms with Crippen LogP contribution >= 0.6 is 0 Å². The molecule has 1 saturated heterocycles. The molecule has 132 valence electrons. The van der Waals surface area contributed by atoms with Crippen molar-refractivity contribution in [3.8, 4) is 5.88 Å². The van der Waals surface area contributed by atoms with Crippen molar-refractivity contribution < 1.29 is 4.74 Å². The minimum atomic E-state index is 0.407. The molecule has 1 atom stereocenters. The van der Waals surface area contributed by atoms with Crippen molar-refractivity contribution >= 4 is 11.2 Å². The normalized spacial score (nSPS) is 18.3. The number of imidazole rings is 1. The lowest BCUT2D eigenvalue weighted by molar-refractivity contribution is 0.242. The Bertz CT molecular complexity index is 912. The summed E-state index contributed by atoms with van der Waals surface area (Å²) in [6, 6.07) is 4.23. The number of ether oxygens (including phenoxy) is 1. The minimum Gasteiger partial charge on any atom is -0.481 e. The van der Waals surface area contributed by atoms with Crippen LogP contribution in [0.2, 0.25) is 0 Å². The van der Waals surface area contributed by atoms with Crippen molar-refractivity contribution in [2.75, 3.05) is 13.7 Å². The first kappa shape index (κ1) is 16.1. The molecular formula is C18H24N6O. The van der Waals surface area contributed by atoms with E-state index in [1.807, 2.05) is 23.9 Å². The lowest BCUT2D eigenvalue weighted by atomic mass is 10.0. The molecule has 7 nitrogen and oxygen atoms in total. The molecule has 0 amide bonds. The van der Waals surface area contributed by atoms with E-state index >= 15 is 0 Å². The third kappa shape index (κ3) is 2.78. The highest BCUT2D eigenvalue weighted by Crippen LogP contribution is 2.36. The largest absolute Gasteiger partial charge is 0.481 e. The van der Waals surface area contributed by atoms with E-state index in [1.54, 1.807) is 7.11 Å². The predicted octanol–water partition coefficient (Wildman–Crippen LogP) is 2.65. The van der Waals surface area contributed by atoms with E-state index in [0.29, 0.717) is 17.6 Å². The molecule has 0 radical (unpaired) electrons. The van der Waals surface area contributed by atoms with Crippen molar-refractivity contribution in [1.29, 1.82) is 0 Å². The Kier molecular flexibility index (Phi) is 3.95. The van der Waals surface area contributed by atoms with Gasteiger partial charge in [0.15, 0.2) is 5.65 Å². The van der Waals surface area contributed by atoms with Crippen LogP contribution in [0.5, 0.6) is 5.88 Å². The highest BCUT2D eigenvalue weighted by Gasteiger charge is 2.30. The molecule has 0 aromatic carbocycles. The van der Waals surface area contributed by atoms with Gasteiger partial charge in [0.2, 0.25) is 5.88 Å². The number of aromatic nitrogens is 5. The van der Waals surface area contributed by atoms with E-state index in [0.717, 1.165) is 30.1 Å². The zero-order valence-electron chi connectivity index (χ0n) is 15.2. The summed E-state index contributed by atoms with van der Waals surface area (Å²) in [7, 11) is 3.64. The molecule has 0 unspecified atom stereocenters. The van der Waals surface area contributed by atoms with Gasteiger partial charge >= 0.3 is 0 Å². The molecule has 1 aliphatic rings. The van der Waals surface area contributed by atoms with E-state index in [-0.39, 0.29) is 0 Å². The van der Waals surface area contributed by atoms with Crippen LogP contribution in [0.3, 0.4) is 0 Å². The molecule has 1 fully saturated rings. The smallest absolute Gasteiger partial charge is 0.215 e.